The molecule has 1 atom stereocenters. The molecule has 1 aliphatic rings. The van der Waals surface area contributed by atoms with E-state index in [1.54, 1.807) is 5.38 Å². The predicted molar refractivity (Wildman–Crippen MR) is 129 cm³/mol. The van der Waals surface area contributed by atoms with E-state index in [4.69, 9.17) is 4.74 Å². The van der Waals surface area contributed by atoms with E-state index < -0.39 is 0 Å². The molecule has 0 radical (unpaired) electrons. The molecule has 1 amide bonds. The smallest absolute Gasteiger partial charge is 0.270 e. The van der Waals surface area contributed by atoms with Crippen molar-refractivity contribution in [2.45, 2.75) is 45.3 Å². The summed E-state index contributed by atoms with van der Waals surface area (Å²) in [6.45, 7) is 7.52. The summed E-state index contributed by atoms with van der Waals surface area (Å²) in [4.78, 5) is 18.9. The number of benzene rings is 2. The van der Waals surface area contributed by atoms with Crippen LogP contribution in [0, 0.1) is 6.92 Å². The third-order valence-corrected chi connectivity index (χ3v) is 6.70. The summed E-state index contributed by atoms with van der Waals surface area (Å²) in [5, 5.41) is 5.55. The Labute approximate surface area is 194 Å². The van der Waals surface area contributed by atoms with Crippen LogP contribution in [0.1, 0.15) is 52.3 Å². The average Bonchev–Trinajstić information content (AvgIpc) is 3.26. The van der Waals surface area contributed by atoms with Crippen molar-refractivity contribution in [2.75, 3.05) is 19.6 Å². The summed E-state index contributed by atoms with van der Waals surface area (Å²) >= 11 is 1.48. The number of carbonyl (C=O) groups excluding carboxylic acids is 1. The van der Waals surface area contributed by atoms with Gasteiger partial charge in [0.1, 0.15) is 17.5 Å². The molecule has 0 spiro atoms. The van der Waals surface area contributed by atoms with Crippen LogP contribution in [0.5, 0.6) is 5.75 Å². The second-order valence-corrected chi connectivity index (χ2v) is 9.56. The number of piperidine rings is 1. The average molecular weight is 450 g/mol. The van der Waals surface area contributed by atoms with Gasteiger partial charge < -0.3 is 10.1 Å². The topological polar surface area (TPSA) is 54.5 Å². The first kappa shape index (κ1) is 22.5. The van der Waals surface area contributed by atoms with Gasteiger partial charge in [-0.15, -0.1) is 11.3 Å². The molecule has 2 heterocycles. The van der Waals surface area contributed by atoms with Crippen LogP contribution in [0.25, 0.3) is 0 Å². The Bertz CT molecular complexity index is 995. The number of hydrogen-bond acceptors (Lipinski definition) is 5. The summed E-state index contributed by atoms with van der Waals surface area (Å²) in [5.74, 6) is 1.35. The molecule has 4 rings (SSSR count). The van der Waals surface area contributed by atoms with E-state index in [1.165, 1.54) is 35.3 Å². The first-order valence-corrected chi connectivity index (χ1v) is 12.2. The fraction of sp³-hybridized carbons (Fsp3) is 0.385. The molecule has 6 heteroatoms. The highest BCUT2D eigenvalue weighted by Crippen LogP contribution is 2.28. The molecule has 1 aliphatic heterocycles. The van der Waals surface area contributed by atoms with Gasteiger partial charge in [0.05, 0.1) is 11.6 Å². The minimum Gasteiger partial charge on any atom is -0.489 e. The van der Waals surface area contributed by atoms with Crippen LogP contribution in [0.4, 0.5) is 0 Å². The van der Waals surface area contributed by atoms with Crippen molar-refractivity contribution in [2.24, 2.45) is 0 Å². The molecule has 0 saturated carbocycles. The number of likely N-dealkylation sites (tertiary alicyclic amines) is 1. The molecule has 1 aromatic heterocycles. The Morgan fingerprint density at radius 3 is 2.53 bits per heavy atom. The molecular weight excluding hydrogens is 418 g/mol. The number of nitrogens with one attached hydrogen (secondary N) is 1. The molecule has 1 N–H and O–H groups in total. The lowest BCUT2D eigenvalue weighted by atomic mass is 9.89. The van der Waals surface area contributed by atoms with Crippen LogP contribution in [-0.4, -0.2) is 41.5 Å². The molecule has 168 valence electrons. The van der Waals surface area contributed by atoms with Crippen LogP contribution >= 0.6 is 11.3 Å². The van der Waals surface area contributed by atoms with Gasteiger partial charge >= 0.3 is 0 Å². The summed E-state index contributed by atoms with van der Waals surface area (Å²) < 4.78 is 5.97. The lowest BCUT2D eigenvalue weighted by molar-refractivity contribution is 0.0928. The highest BCUT2D eigenvalue weighted by molar-refractivity contribution is 7.09. The first-order valence-electron chi connectivity index (χ1n) is 11.3. The van der Waals surface area contributed by atoms with E-state index >= 15 is 0 Å². The summed E-state index contributed by atoms with van der Waals surface area (Å²) in [5.41, 5.74) is 3.24. The standard InChI is InChI=1S/C26H31N3O2S/c1-19(16-27-26(30)25-18-32-20(2)28-25)31-24-10-8-21(9-11-24)17-29-14-12-23(13-15-29)22-6-4-3-5-7-22/h3-11,18-19,23H,12-17H2,1-2H3,(H,27,30). The zero-order chi connectivity index (χ0) is 22.3. The second kappa shape index (κ2) is 10.7. The Balaban J connectivity index is 1.20. The number of rotatable bonds is 8. The Hall–Kier alpha value is -2.70. The number of aryl methyl sites for hydroxylation is 1. The van der Waals surface area contributed by atoms with Gasteiger partial charge in [-0.25, -0.2) is 4.98 Å². The molecule has 1 fully saturated rings. The maximum Gasteiger partial charge on any atom is 0.270 e. The molecule has 0 bridgehead atoms. The van der Waals surface area contributed by atoms with E-state index in [2.05, 4.69) is 57.7 Å². The van der Waals surface area contributed by atoms with Gasteiger partial charge in [0.15, 0.2) is 0 Å². The highest BCUT2D eigenvalue weighted by Gasteiger charge is 2.20. The van der Waals surface area contributed by atoms with Gasteiger partial charge in [0, 0.05) is 11.9 Å². The van der Waals surface area contributed by atoms with Crippen LogP contribution < -0.4 is 10.1 Å². The normalized spacial score (nSPS) is 15.9. The van der Waals surface area contributed by atoms with E-state index in [0.29, 0.717) is 18.2 Å². The number of ether oxygens (including phenoxy) is 1. The molecule has 32 heavy (non-hydrogen) atoms. The summed E-state index contributed by atoms with van der Waals surface area (Å²) in [6.07, 6.45) is 2.31. The third-order valence-electron chi connectivity index (χ3n) is 5.93. The largest absolute Gasteiger partial charge is 0.489 e. The number of nitrogens with zero attached hydrogens (tertiary/aromatic N) is 2. The van der Waals surface area contributed by atoms with Crippen LogP contribution in [0.2, 0.25) is 0 Å². The molecule has 3 aromatic rings. The van der Waals surface area contributed by atoms with Crippen molar-refractivity contribution in [1.29, 1.82) is 0 Å². The minimum atomic E-state index is -0.156. The lowest BCUT2D eigenvalue weighted by Gasteiger charge is -2.32. The first-order chi connectivity index (χ1) is 15.6. The van der Waals surface area contributed by atoms with Gasteiger partial charge in [-0.3, -0.25) is 9.69 Å². The van der Waals surface area contributed by atoms with Crippen LogP contribution in [-0.2, 0) is 6.54 Å². The fourth-order valence-corrected chi connectivity index (χ4v) is 4.74. The number of hydrogen-bond donors (Lipinski definition) is 1. The number of aromatic nitrogens is 1. The van der Waals surface area contributed by atoms with Crippen molar-refractivity contribution in [3.63, 3.8) is 0 Å². The quantitative estimate of drug-likeness (QED) is 0.524. The Morgan fingerprint density at radius 1 is 1.16 bits per heavy atom. The van der Waals surface area contributed by atoms with Gasteiger partial charge in [-0.05, 0) is 69.0 Å². The molecule has 2 aromatic carbocycles. The summed E-state index contributed by atoms with van der Waals surface area (Å²) in [7, 11) is 0. The van der Waals surface area contributed by atoms with Crippen molar-refractivity contribution < 1.29 is 9.53 Å². The fourth-order valence-electron chi connectivity index (χ4n) is 4.15. The van der Waals surface area contributed by atoms with E-state index in [0.717, 1.165) is 30.4 Å². The van der Waals surface area contributed by atoms with Crippen molar-refractivity contribution in [3.05, 3.63) is 81.8 Å². The predicted octanol–water partition coefficient (Wildman–Crippen LogP) is 5.03. The van der Waals surface area contributed by atoms with Crippen molar-refractivity contribution >= 4 is 17.2 Å². The van der Waals surface area contributed by atoms with E-state index in [9.17, 15) is 4.79 Å². The van der Waals surface area contributed by atoms with Crippen LogP contribution in [0.3, 0.4) is 0 Å². The van der Waals surface area contributed by atoms with Gasteiger partial charge in [-0.2, -0.15) is 0 Å². The molecule has 1 saturated heterocycles. The van der Waals surface area contributed by atoms with Crippen molar-refractivity contribution in [3.8, 4) is 5.75 Å². The van der Waals surface area contributed by atoms with Crippen molar-refractivity contribution in [1.82, 2.24) is 15.2 Å². The van der Waals surface area contributed by atoms with E-state index in [1.807, 2.05) is 26.0 Å². The molecule has 0 aliphatic carbocycles. The number of thiazole rings is 1. The Morgan fingerprint density at radius 2 is 1.88 bits per heavy atom. The highest BCUT2D eigenvalue weighted by atomic mass is 32.1. The zero-order valence-corrected chi connectivity index (χ0v) is 19.6. The van der Waals surface area contributed by atoms with Gasteiger partial charge in [0.2, 0.25) is 0 Å². The number of amides is 1. The maximum atomic E-state index is 12.1. The third kappa shape index (κ3) is 6.17. The zero-order valence-electron chi connectivity index (χ0n) is 18.8. The molecule has 5 nitrogen and oxygen atoms in total. The van der Waals surface area contributed by atoms with E-state index in [-0.39, 0.29) is 12.0 Å². The van der Waals surface area contributed by atoms with Gasteiger partial charge in [-0.1, -0.05) is 42.5 Å². The maximum absolute atomic E-state index is 12.1. The van der Waals surface area contributed by atoms with Crippen LogP contribution in [0.15, 0.2) is 60.0 Å². The molecule has 1 unspecified atom stereocenters. The Kier molecular flexibility index (Phi) is 7.55. The number of carbonyl (C=O) groups is 1. The summed E-state index contributed by atoms with van der Waals surface area (Å²) in [6, 6.07) is 19.2. The minimum absolute atomic E-state index is 0.124. The lowest BCUT2D eigenvalue weighted by Crippen LogP contribution is -2.33. The van der Waals surface area contributed by atoms with Gasteiger partial charge in [0.25, 0.3) is 5.91 Å². The molecular formula is C26H31N3O2S. The second-order valence-electron chi connectivity index (χ2n) is 8.50. The monoisotopic (exact) mass is 449 g/mol. The SMILES string of the molecule is Cc1nc(C(=O)NCC(C)Oc2ccc(CN3CCC(c4ccccc4)CC3)cc2)cs1.